The van der Waals surface area contributed by atoms with Gasteiger partial charge in [0, 0.05) is 22.6 Å². The number of hydrogen-bond acceptors (Lipinski definition) is 5. The van der Waals surface area contributed by atoms with Crippen molar-refractivity contribution in [1.29, 1.82) is 0 Å². The summed E-state index contributed by atoms with van der Waals surface area (Å²) in [7, 11) is -4.18. The van der Waals surface area contributed by atoms with E-state index in [0.717, 1.165) is 4.31 Å². The van der Waals surface area contributed by atoms with E-state index >= 15 is 0 Å². The highest BCUT2D eigenvalue weighted by atomic mass is 79.9. The highest BCUT2D eigenvalue weighted by Crippen LogP contribution is 2.28. The second-order valence-electron chi connectivity index (χ2n) is 9.82. The van der Waals surface area contributed by atoms with Crippen LogP contribution in [0.4, 0.5) is 5.69 Å². The fraction of sp³-hybridized carbons (Fsp3) is 0.333. The van der Waals surface area contributed by atoms with Crippen LogP contribution in [0.3, 0.4) is 0 Å². The summed E-state index contributed by atoms with van der Waals surface area (Å²) in [5, 5.41) is 3.30. The van der Waals surface area contributed by atoms with Crippen LogP contribution in [-0.2, 0) is 26.2 Å². The number of amides is 2. The fourth-order valence-electron chi connectivity index (χ4n) is 3.98. The number of hydrogen-bond donors (Lipinski definition) is 1. The Balaban J connectivity index is 2.03. The van der Waals surface area contributed by atoms with Crippen LogP contribution in [0.5, 0.6) is 5.75 Å². The first-order valence-electron chi connectivity index (χ1n) is 13.3. The number of anilines is 1. The Morgan fingerprint density at radius 3 is 2.20 bits per heavy atom. The fourth-order valence-corrected chi connectivity index (χ4v) is 5.86. The summed E-state index contributed by atoms with van der Waals surface area (Å²) in [6.07, 6.45) is 0. The molecule has 0 spiro atoms. The first-order valence-corrected chi connectivity index (χ1v) is 15.9. The molecule has 3 rings (SSSR count). The monoisotopic (exact) mass is 663 g/mol. The second kappa shape index (κ2) is 14.7. The molecule has 0 aliphatic carbocycles. The minimum Gasteiger partial charge on any atom is -0.494 e. The normalized spacial score (nSPS) is 12.1. The molecule has 0 fully saturated rings. The van der Waals surface area contributed by atoms with Crippen LogP contribution in [0.25, 0.3) is 0 Å². The molecule has 3 aromatic rings. The van der Waals surface area contributed by atoms with Gasteiger partial charge in [-0.15, -0.1) is 0 Å². The van der Waals surface area contributed by atoms with E-state index in [2.05, 4.69) is 21.2 Å². The Kier molecular flexibility index (Phi) is 11.6. The predicted octanol–water partition coefficient (Wildman–Crippen LogP) is 5.89. The number of benzene rings is 3. The van der Waals surface area contributed by atoms with Crippen molar-refractivity contribution in [2.24, 2.45) is 5.92 Å². The molecule has 0 saturated carbocycles. The number of nitrogens with one attached hydrogen (secondary N) is 1. The van der Waals surface area contributed by atoms with Crippen molar-refractivity contribution in [2.45, 2.75) is 45.2 Å². The van der Waals surface area contributed by atoms with E-state index in [1.54, 1.807) is 67.6 Å². The third kappa shape index (κ3) is 8.70. The van der Waals surface area contributed by atoms with Crippen LogP contribution in [0.15, 0.2) is 82.2 Å². The van der Waals surface area contributed by atoms with Crippen molar-refractivity contribution in [3.8, 4) is 5.75 Å². The molecule has 0 saturated heterocycles. The quantitative estimate of drug-likeness (QED) is 0.246. The van der Waals surface area contributed by atoms with E-state index in [-0.39, 0.29) is 29.0 Å². The maximum absolute atomic E-state index is 14.0. The van der Waals surface area contributed by atoms with Crippen molar-refractivity contribution >= 4 is 55.1 Å². The highest BCUT2D eigenvalue weighted by molar-refractivity contribution is 9.10. The topological polar surface area (TPSA) is 96.0 Å². The van der Waals surface area contributed by atoms with Gasteiger partial charge in [0.1, 0.15) is 18.3 Å². The van der Waals surface area contributed by atoms with Gasteiger partial charge in [0.2, 0.25) is 11.8 Å². The first-order chi connectivity index (χ1) is 19.4. The lowest BCUT2D eigenvalue weighted by atomic mass is 10.1. The van der Waals surface area contributed by atoms with Crippen LogP contribution in [0.2, 0.25) is 5.02 Å². The molecular formula is C30H35BrClN3O5S. The molecular weight excluding hydrogens is 630 g/mol. The zero-order valence-electron chi connectivity index (χ0n) is 23.5. The molecule has 0 radical (unpaired) electrons. The number of halogens is 2. The summed E-state index contributed by atoms with van der Waals surface area (Å²) in [6, 6.07) is 18.8. The van der Waals surface area contributed by atoms with Gasteiger partial charge in [-0.1, -0.05) is 59.6 Å². The molecule has 41 heavy (non-hydrogen) atoms. The molecule has 0 bridgehead atoms. The Hall–Kier alpha value is -3.08. The number of sulfonamides is 1. The molecule has 220 valence electrons. The van der Waals surface area contributed by atoms with Gasteiger partial charge < -0.3 is 15.0 Å². The van der Waals surface area contributed by atoms with E-state index in [9.17, 15) is 18.0 Å². The average Bonchev–Trinajstić information content (AvgIpc) is 2.94. The van der Waals surface area contributed by atoms with Crippen molar-refractivity contribution in [3.63, 3.8) is 0 Å². The molecule has 0 heterocycles. The van der Waals surface area contributed by atoms with Crippen molar-refractivity contribution in [3.05, 3.63) is 87.9 Å². The molecule has 3 aromatic carbocycles. The van der Waals surface area contributed by atoms with E-state index < -0.39 is 28.5 Å². The zero-order valence-corrected chi connectivity index (χ0v) is 26.7. The molecule has 0 aliphatic heterocycles. The lowest BCUT2D eigenvalue weighted by Crippen LogP contribution is -2.51. The molecule has 1 atom stereocenters. The maximum Gasteiger partial charge on any atom is 0.264 e. The standard InChI is InChI=1S/C30H35BrClN3O5S/c1-5-40-26-14-12-25(13-15-26)35(41(38,39)27-16-10-24(31)11-17-27)20-29(36)34(19-23-8-6-7-9-28(23)32)22(4)30(37)33-18-21(2)3/h6-17,21-22H,5,18-20H2,1-4H3,(H,33,37)/t22-/m1/s1. The average molecular weight is 665 g/mol. The van der Waals surface area contributed by atoms with Crippen molar-refractivity contribution in [2.75, 3.05) is 24.0 Å². The Morgan fingerprint density at radius 1 is 0.976 bits per heavy atom. The van der Waals surface area contributed by atoms with Gasteiger partial charge in [0.05, 0.1) is 17.2 Å². The summed E-state index contributed by atoms with van der Waals surface area (Å²) in [5.41, 5.74) is 0.911. The smallest absolute Gasteiger partial charge is 0.264 e. The van der Waals surface area contributed by atoms with Gasteiger partial charge in [-0.2, -0.15) is 0 Å². The largest absolute Gasteiger partial charge is 0.494 e. The highest BCUT2D eigenvalue weighted by Gasteiger charge is 2.33. The van der Waals surface area contributed by atoms with E-state index in [1.165, 1.54) is 17.0 Å². The third-order valence-corrected chi connectivity index (χ3v) is 8.95. The Bertz CT molecular complexity index is 1430. The van der Waals surface area contributed by atoms with Crippen LogP contribution in [-0.4, -0.2) is 50.9 Å². The summed E-state index contributed by atoms with van der Waals surface area (Å²) in [4.78, 5) is 28.5. The molecule has 11 heteroatoms. The molecule has 8 nitrogen and oxygen atoms in total. The molecule has 0 aromatic heterocycles. The Morgan fingerprint density at radius 2 is 1.61 bits per heavy atom. The summed E-state index contributed by atoms with van der Waals surface area (Å²) in [5.74, 6) is -0.126. The van der Waals surface area contributed by atoms with Crippen LogP contribution >= 0.6 is 27.5 Å². The van der Waals surface area contributed by atoms with Crippen molar-refractivity contribution < 1.29 is 22.7 Å². The van der Waals surface area contributed by atoms with Gasteiger partial charge in [-0.3, -0.25) is 13.9 Å². The summed E-state index contributed by atoms with van der Waals surface area (Å²) < 4.78 is 35.1. The van der Waals surface area contributed by atoms with Gasteiger partial charge in [-0.05, 0) is 79.9 Å². The van der Waals surface area contributed by atoms with Crippen molar-refractivity contribution in [1.82, 2.24) is 10.2 Å². The molecule has 2 amide bonds. The third-order valence-electron chi connectivity index (χ3n) is 6.27. The van der Waals surface area contributed by atoms with Crippen LogP contribution in [0, 0.1) is 5.92 Å². The first kappa shape index (κ1) is 32.4. The van der Waals surface area contributed by atoms with E-state index in [1.807, 2.05) is 20.8 Å². The maximum atomic E-state index is 14.0. The van der Waals surface area contributed by atoms with E-state index in [4.69, 9.17) is 16.3 Å². The van der Waals surface area contributed by atoms with E-state index in [0.29, 0.717) is 34.0 Å². The SMILES string of the molecule is CCOc1ccc(N(CC(=O)N(Cc2ccccc2Cl)[C@H](C)C(=O)NCC(C)C)S(=O)(=O)c2ccc(Br)cc2)cc1. The van der Waals surface area contributed by atoms with Gasteiger partial charge in [0.25, 0.3) is 10.0 Å². The lowest BCUT2D eigenvalue weighted by Gasteiger charge is -2.32. The zero-order chi connectivity index (χ0) is 30.2. The van der Waals surface area contributed by atoms with Gasteiger partial charge in [-0.25, -0.2) is 8.42 Å². The van der Waals surface area contributed by atoms with Gasteiger partial charge >= 0.3 is 0 Å². The Labute approximate surface area is 255 Å². The lowest BCUT2D eigenvalue weighted by molar-refractivity contribution is -0.139. The number of rotatable bonds is 13. The molecule has 1 N–H and O–H groups in total. The van der Waals surface area contributed by atoms with Gasteiger partial charge in [0.15, 0.2) is 0 Å². The predicted molar refractivity (Wildman–Crippen MR) is 166 cm³/mol. The van der Waals surface area contributed by atoms with Crippen LogP contribution in [0.1, 0.15) is 33.3 Å². The second-order valence-corrected chi connectivity index (χ2v) is 13.0. The molecule has 0 unspecified atom stereocenters. The number of nitrogens with zero attached hydrogens (tertiary/aromatic N) is 2. The minimum absolute atomic E-state index is 0.0164. The summed E-state index contributed by atoms with van der Waals surface area (Å²) in [6.45, 7) is 7.78. The van der Waals surface area contributed by atoms with Crippen LogP contribution < -0.4 is 14.4 Å². The number of carbonyl (C=O) groups is 2. The number of carbonyl (C=O) groups excluding carboxylic acids is 2. The molecule has 0 aliphatic rings. The summed E-state index contributed by atoms with van der Waals surface area (Å²) >= 11 is 9.74. The minimum atomic E-state index is -4.18. The number of ether oxygens (including phenoxy) is 1.